The van der Waals surface area contributed by atoms with Crippen LogP contribution in [0.15, 0.2) is 28.8 Å². The lowest BCUT2D eigenvalue weighted by atomic mass is 10.2. The molecule has 2 heterocycles. The molecule has 0 radical (unpaired) electrons. The van der Waals surface area contributed by atoms with Crippen LogP contribution < -0.4 is 0 Å². The molecule has 0 fully saturated rings. The SMILES string of the molecule is Cc1nn(CCc2nc(-c3ccc(F)cc3)no2)c(C)c1Cl. The normalized spacial score (nSPS) is 11.1. The number of hydrogen-bond donors (Lipinski definition) is 0. The van der Waals surface area contributed by atoms with Crippen LogP contribution in [0.4, 0.5) is 4.39 Å². The Morgan fingerprint density at radius 2 is 1.95 bits per heavy atom. The topological polar surface area (TPSA) is 56.7 Å². The maximum atomic E-state index is 12.9. The van der Waals surface area contributed by atoms with Crippen LogP contribution in [0.3, 0.4) is 0 Å². The number of halogens is 2. The number of rotatable bonds is 4. The molecule has 3 rings (SSSR count). The third kappa shape index (κ3) is 2.87. The molecule has 5 nitrogen and oxygen atoms in total. The highest BCUT2D eigenvalue weighted by molar-refractivity contribution is 6.31. The average molecular weight is 321 g/mol. The lowest BCUT2D eigenvalue weighted by Crippen LogP contribution is -2.05. The molecule has 0 saturated heterocycles. The fraction of sp³-hybridized carbons (Fsp3) is 0.267. The molecule has 0 atom stereocenters. The van der Waals surface area contributed by atoms with Gasteiger partial charge in [-0.15, -0.1) is 0 Å². The molecule has 0 aliphatic heterocycles. The monoisotopic (exact) mass is 320 g/mol. The van der Waals surface area contributed by atoms with Crippen LogP contribution in [-0.4, -0.2) is 19.9 Å². The van der Waals surface area contributed by atoms with Crippen LogP contribution in [0.25, 0.3) is 11.4 Å². The van der Waals surface area contributed by atoms with E-state index in [0.29, 0.717) is 35.3 Å². The first-order valence-electron chi connectivity index (χ1n) is 6.82. The lowest BCUT2D eigenvalue weighted by molar-refractivity contribution is 0.368. The zero-order valence-corrected chi connectivity index (χ0v) is 12.9. The Kier molecular flexibility index (Phi) is 3.94. The minimum Gasteiger partial charge on any atom is -0.339 e. The van der Waals surface area contributed by atoms with E-state index in [0.717, 1.165) is 11.4 Å². The Morgan fingerprint density at radius 3 is 2.59 bits per heavy atom. The summed E-state index contributed by atoms with van der Waals surface area (Å²) >= 11 is 6.11. The highest BCUT2D eigenvalue weighted by Crippen LogP contribution is 2.20. The summed E-state index contributed by atoms with van der Waals surface area (Å²) in [6.07, 6.45) is 0.548. The van der Waals surface area contributed by atoms with E-state index >= 15 is 0 Å². The predicted octanol–water partition coefficient (Wildman–Crippen LogP) is 3.59. The van der Waals surface area contributed by atoms with Gasteiger partial charge in [0.15, 0.2) is 0 Å². The predicted molar refractivity (Wildman–Crippen MR) is 80.1 cm³/mol. The third-order valence-corrected chi connectivity index (χ3v) is 3.95. The van der Waals surface area contributed by atoms with Crippen molar-refractivity contribution < 1.29 is 8.91 Å². The fourth-order valence-corrected chi connectivity index (χ4v) is 2.30. The van der Waals surface area contributed by atoms with Crippen molar-refractivity contribution in [1.82, 2.24) is 19.9 Å². The summed E-state index contributed by atoms with van der Waals surface area (Å²) in [6, 6.07) is 5.96. The van der Waals surface area contributed by atoms with Crippen LogP contribution in [0, 0.1) is 19.7 Å². The van der Waals surface area contributed by atoms with Gasteiger partial charge in [0, 0.05) is 12.0 Å². The standard InChI is InChI=1S/C15H14ClFN4O/c1-9-14(16)10(2)21(19-9)8-7-13-18-15(20-22-13)11-3-5-12(17)6-4-11/h3-6H,7-8H2,1-2H3. The Bertz CT molecular complexity index is 794. The van der Waals surface area contributed by atoms with E-state index in [4.69, 9.17) is 16.1 Å². The van der Waals surface area contributed by atoms with Crippen molar-refractivity contribution in [1.29, 1.82) is 0 Å². The molecule has 1 aromatic carbocycles. The fourth-order valence-electron chi connectivity index (χ4n) is 2.17. The largest absolute Gasteiger partial charge is 0.339 e. The maximum Gasteiger partial charge on any atom is 0.228 e. The molecule has 0 saturated carbocycles. The molecule has 0 N–H and O–H groups in total. The number of nitrogens with zero attached hydrogens (tertiary/aromatic N) is 4. The Morgan fingerprint density at radius 1 is 1.23 bits per heavy atom. The molecule has 0 aliphatic rings. The number of aryl methyl sites for hydroxylation is 3. The number of benzene rings is 1. The molecule has 7 heteroatoms. The summed E-state index contributed by atoms with van der Waals surface area (Å²) in [4.78, 5) is 4.31. The quantitative estimate of drug-likeness (QED) is 0.737. The second-order valence-corrected chi connectivity index (χ2v) is 5.35. The van der Waals surface area contributed by atoms with Gasteiger partial charge in [-0.2, -0.15) is 10.1 Å². The number of hydrogen-bond acceptors (Lipinski definition) is 4. The first-order chi connectivity index (χ1) is 10.5. The van der Waals surface area contributed by atoms with Crippen molar-refractivity contribution in [2.45, 2.75) is 26.8 Å². The highest BCUT2D eigenvalue weighted by Gasteiger charge is 2.12. The van der Waals surface area contributed by atoms with E-state index < -0.39 is 0 Å². The van der Waals surface area contributed by atoms with Crippen molar-refractivity contribution >= 4 is 11.6 Å². The van der Waals surface area contributed by atoms with E-state index in [1.54, 1.807) is 12.1 Å². The van der Waals surface area contributed by atoms with E-state index in [1.165, 1.54) is 12.1 Å². The van der Waals surface area contributed by atoms with Crippen molar-refractivity contribution in [3.63, 3.8) is 0 Å². The molecule has 22 heavy (non-hydrogen) atoms. The van der Waals surface area contributed by atoms with E-state index in [-0.39, 0.29) is 5.82 Å². The van der Waals surface area contributed by atoms with Crippen molar-refractivity contribution in [2.75, 3.05) is 0 Å². The molecule has 0 unspecified atom stereocenters. The molecule has 3 aromatic rings. The summed E-state index contributed by atoms with van der Waals surface area (Å²) in [5.74, 6) is 0.651. The first-order valence-corrected chi connectivity index (χ1v) is 7.20. The second-order valence-electron chi connectivity index (χ2n) is 4.98. The minimum atomic E-state index is -0.297. The Hall–Kier alpha value is -2.21. The summed E-state index contributed by atoms with van der Waals surface area (Å²) in [5.41, 5.74) is 2.43. The van der Waals surface area contributed by atoms with Crippen molar-refractivity contribution in [3.05, 3.63) is 52.4 Å². The molecule has 2 aromatic heterocycles. The van der Waals surface area contributed by atoms with Gasteiger partial charge in [0.05, 0.1) is 23.0 Å². The van der Waals surface area contributed by atoms with Gasteiger partial charge in [-0.3, -0.25) is 4.68 Å². The smallest absolute Gasteiger partial charge is 0.228 e. The Labute approximate surface area is 131 Å². The van der Waals surface area contributed by atoms with E-state index in [2.05, 4.69) is 15.2 Å². The summed E-state index contributed by atoms with van der Waals surface area (Å²) in [5, 5.41) is 8.94. The molecule has 0 aliphatic carbocycles. The van der Waals surface area contributed by atoms with E-state index in [1.807, 2.05) is 18.5 Å². The molecule has 0 bridgehead atoms. The van der Waals surface area contributed by atoms with Gasteiger partial charge in [0.2, 0.25) is 11.7 Å². The van der Waals surface area contributed by atoms with Gasteiger partial charge < -0.3 is 4.52 Å². The van der Waals surface area contributed by atoms with Crippen molar-refractivity contribution in [3.8, 4) is 11.4 Å². The van der Waals surface area contributed by atoms with Crippen LogP contribution in [0.1, 0.15) is 17.3 Å². The lowest BCUT2D eigenvalue weighted by Gasteiger charge is -2.01. The van der Waals surface area contributed by atoms with E-state index in [9.17, 15) is 4.39 Å². The van der Waals surface area contributed by atoms with Gasteiger partial charge in [0.1, 0.15) is 5.82 Å². The van der Waals surface area contributed by atoms with Gasteiger partial charge in [-0.25, -0.2) is 4.39 Å². The highest BCUT2D eigenvalue weighted by atomic mass is 35.5. The molecular weight excluding hydrogens is 307 g/mol. The average Bonchev–Trinajstić information content (AvgIpc) is 3.07. The molecular formula is C15H14ClFN4O. The van der Waals surface area contributed by atoms with Crippen LogP contribution >= 0.6 is 11.6 Å². The Balaban J connectivity index is 1.72. The summed E-state index contributed by atoms with van der Waals surface area (Å²) < 4.78 is 19.9. The van der Waals surface area contributed by atoms with Crippen molar-refractivity contribution in [2.24, 2.45) is 0 Å². The third-order valence-electron chi connectivity index (χ3n) is 3.40. The zero-order chi connectivity index (χ0) is 15.7. The molecule has 0 spiro atoms. The van der Waals surface area contributed by atoms with Gasteiger partial charge in [0.25, 0.3) is 0 Å². The van der Waals surface area contributed by atoms with Gasteiger partial charge >= 0.3 is 0 Å². The van der Waals surface area contributed by atoms with Gasteiger partial charge in [-0.1, -0.05) is 16.8 Å². The first kappa shape index (κ1) is 14.7. The summed E-state index contributed by atoms with van der Waals surface area (Å²) in [6.45, 7) is 4.38. The van der Waals surface area contributed by atoms with Crippen LogP contribution in [0.5, 0.6) is 0 Å². The number of aromatic nitrogens is 4. The van der Waals surface area contributed by atoms with Crippen LogP contribution in [0.2, 0.25) is 5.02 Å². The van der Waals surface area contributed by atoms with Gasteiger partial charge in [-0.05, 0) is 38.1 Å². The summed E-state index contributed by atoms with van der Waals surface area (Å²) in [7, 11) is 0. The maximum absolute atomic E-state index is 12.9. The molecule has 0 amide bonds. The van der Waals surface area contributed by atoms with Crippen LogP contribution in [-0.2, 0) is 13.0 Å². The zero-order valence-electron chi connectivity index (χ0n) is 12.2. The minimum absolute atomic E-state index is 0.297. The second kappa shape index (κ2) is 5.88. The molecule has 114 valence electrons.